The second kappa shape index (κ2) is 7.70. The zero-order valence-corrected chi connectivity index (χ0v) is 15.4. The number of hydrogen-bond acceptors (Lipinski definition) is 5. The highest BCUT2D eigenvalue weighted by Gasteiger charge is 2.33. The third kappa shape index (κ3) is 4.60. The highest BCUT2D eigenvalue weighted by molar-refractivity contribution is 6.30. The summed E-state index contributed by atoms with van der Waals surface area (Å²) in [4.78, 5) is 30.1. The van der Waals surface area contributed by atoms with Crippen molar-refractivity contribution in [2.45, 2.75) is 38.2 Å². The summed E-state index contributed by atoms with van der Waals surface area (Å²) < 4.78 is 9.90. The molecule has 2 aromatic rings. The number of benzene rings is 1. The van der Waals surface area contributed by atoms with Gasteiger partial charge in [0.15, 0.2) is 5.69 Å². The highest BCUT2D eigenvalue weighted by Crippen LogP contribution is 2.28. The summed E-state index contributed by atoms with van der Waals surface area (Å²) >= 11 is 6.39. The van der Waals surface area contributed by atoms with Crippen LogP contribution in [-0.4, -0.2) is 34.4 Å². The average molecular weight is 365 g/mol. The van der Waals surface area contributed by atoms with E-state index in [1.807, 2.05) is 39.0 Å². The standard InChI is InChI=1S/C18H21ClN2O4/c1-18(2,3)21(10-14-20-13(11-25-14)17(23)24-4)16(22)15(19)12-8-6-5-7-9-12/h5-9,11,15H,10H2,1-4H3/t15-/m0/s1. The molecule has 0 aliphatic rings. The fraction of sp³-hybridized carbons (Fsp3) is 0.389. The van der Waals surface area contributed by atoms with Crippen molar-refractivity contribution in [1.29, 1.82) is 0 Å². The Labute approximate surface area is 151 Å². The van der Waals surface area contributed by atoms with E-state index in [9.17, 15) is 9.59 Å². The molecule has 134 valence electrons. The first-order valence-corrected chi connectivity index (χ1v) is 8.21. The van der Waals surface area contributed by atoms with Gasteiger partial charge >= 0.3 is 5.97 Å². The molecular formula is C18H21ClN2O4. The largest absolute Gasteiger partial charge is 0.464 e. The number of rotatable bonds is 5. The van der Waals surface area contributed by atoms with Gasteiger partial charge in [0.2, 0.25) is 11.8 Å². The van der Waals surface area contributed by atoms with E-state index in [2.05, 4.69) is 9.72 Å². The molecule has 1 heterocycles. The Bertz CT molecular complexity index is 737. The van der Waals surface area contributed by atoms with Crippen molar-refractivity contribution in [3.8, 4) is 0 Å². The second-order valence-electron chi connectivity index (χ2n) is 6.49. The van der Waals surface area contributed by atoms with Crippen LogP contribution in [0.3, 0.4) is 0 Å². The van der Waals surface area contributed by atoms with Crippen molar-refractivity contribution in [2.24, 2.45) is 0 Å². The number of alkyl halides is 1. The fourth-order valence-corrected chi connectivity index (χ4v) is 2.53. The third-order valence-electron chi connectivity index (χ3n) is 3.62. The summed E-state index contributed by atoms with van der Waals surface area (Å²) in [6.07, 6.45) is 1.21. The zero-order valence-electron chi connectivity index (χ0n) is 14.7. The summed E-state index contributed by atoms with van der Waals surface area (Å²) in [6.45, 7) is 5.77. The van der Waals surface area contributed by atoms with Crippen LogP contribution < -0.4 is 0 Å². The third-order valence-corrected chi connectivity index (χ3v) is 4.06. The molecule has 1 atom stereocenters. The lowest BCUT2D eigenvalue weighted by molar-refractivity contribution is -0.137. The maximum Gasteiger partial charge on any atom is 0.360 e. The topological polar surface area (TPSA) is 72.6 Å². The van der Waals surface area contributed by atoms with Gasteiger partial charge in [-0.25, -0.2) is 9.78 Å². The van der Waals surface area contributed by atoms with E-state index in [0.717, 1.165) is 0 Å². The SMILES string of the molecule is COC(=O)c1coc(CN(C(=O)[C@@H](Cl)c2ccccc2)C(C)(C)C)n1. The molecular weight excluding hydrogens is 344 g/mol. The lowest BCUT2D eigenvalue weighted by atomic mass is 10.0. The van der Waals surface area contributed by atoms with Crippen LogP contribution in [0.4, 0.5) is 0 Å². The lowest BCUT2D eigenvalue weighted by Crippen LogP contribution is -2.46. The lowest BCUT2D eigenvalue weighted by Gasteiger charge is -2.36. The molecule has 1 amide bonds. The van der Waals surface area contributed by atoms with Crippen LogP contribution in [0.15, 0.2) is 41.0 Å². The molecule has 6 nitrogen and oxygen atoms in total. The van der Waals surface area contributed by atoms with Gasteiger partial charge in [0, 0.05) is 5.54 Å². The van der Waals surface area contributed by atoms with Crippen molar-refractivity contribution >= 4 is 23.5 Å². The van der Waals surface area contributed by atoms with Crippen molar-refractivity contribution < 1.29 is 18.7 Å². The van der Waals surface area contributed by atoms with Gasteiger partial charge in [0.25, 0.3) is 0 Å². The Kier molecular flexibility index (Phi) is 5.85. The molecule has 1 aromatic carbocycles. The predicted octanol–water partition coefficient (Wildman–Crippen LogP) is 3.57. The molecule has 25 heavy (non-hydrogen) atoms. The Morgan fingerprint density at radius 3 is 2.48 bits per heavy atom. The Morgan fingerprint density at radius 2 is 1.92 bits per heavy atom. The van der Waals surface area contributed by atoms with Crippen molar-refractivity contribution in [2.75, 3.05) is 7.11 Å². The highest BCUT2D eigenvalue weighted by atomic mass is 35.5. The summed E-state index contributed by atoms with van der Waals surface area (Å²) in [5.74, 6) is -0.623. The number of carbonyl (C=O) groups is 2. The minimum Gasteiger partial charge on any atom is -0.464 e. The minimum atomic E-state index is -0.824. The van der Waals surface area contributed by atoms with Gasteiger partial charge in [0.1, 0.15) is 11.6 Å². The molecule has 0 fully saturated rings. The first kappa shape index (κ1) is 19.0. The number of aromatic nitrogens is 1. The summed E-state index contributed by atoms with van der Waals surface area (Å²) in [5.41, 5.74) is 0.259. The molecule has 0 saturated heterocycles. The van der Waals surface area contributed by atoms with E-state index in [0.29, 0.717) is 5.56 Å². The fourth-order valence-electron chi connectivity index (χ4n) is 2.26. The van der Waals surface area contributed by atoms with Crippen LogP contribution in [-0.2, 0) is 16.1 Å². The average Bonchev–Trinajstić information content (AvgIpc) is 3.06. The molecule has 0 spiro atoms. The molecule has 7 heteroatoms. The predicted molar refractivity (Wildman–Crippen MR) is 93.2 cm³/mol. The summed E-state index contributed by atoms with van der Waals surface area (Å²) in [5, 5.41) is -0.824. The summed E-state index contributed by atoms with van der Waals surface area (Å²) in [6, 6.07) is 9.13. The maximum atomic E-state index is 12.9. The number of methoxy groups -OCH3 is 1. The van der Waals surface area contributed by atoms with Gasteiger partial charge in [0.05, 0.1) is 13.7 Å². The van der Waals surface area contributed by atoms with Crippen LogP contribution in [0.2, 0.25) is 0 Å². The first-order valence-electron chi connectivity index (χ1n) is 7.77. The number of halogens is 1. The molecule has 0 unspecified atom stereocenters. The van der Waals surface area contributed by atoms with E-state index in [-0.39, 0.29) is 24.0 Å². The second-order valence-corrected chi connectivity index (χ2v) is 6.92. The van der Waals surface area contributed by atoms with Crippen LogP contribution >= 0.6 is 11.6 Å². The molecule has 0 bridgehead atoms. The zero-order chi connectivity index (χ0) is 18.6. The molecule has 0 aliphatic heterocycles. The molecule has 1 aromatic heterocycles. The van der Waals surface area contributed by atoms with Gasteiger partial charge in [-0.15, -0.1) is 11.6 Å². The minimum absolute atomic E-state index is 0.0595. The van der Waals surface area contributed by atoms with Crippen LogP contribution in [0, 0.1) is 0 Å². The van der Waals surface area contributed by atoms with Crippen LogP contribution in [0.1, 0.15) is 48.1 Å². The number of hydrogen-bond donors (Lipinski definition) is 0. The molecule has 0 saturated carbocycles. The van der Waals surface area contributed by atoms with E-state index < -0.39 is 16.9 Å². The summed E-state index contributed by atoms with van der Waals surface area (Å²) in [7, 11) is 1.26. The number of amides is 1. The van der Waals surface area contributed by atoms with E-state index in [1.165, 1.54) is 13.4 Å². The quantitative estimate of drug-likeness (QED) is 0.599. The van der Waals surface area contributed by atoms with Gasteiger partial charge in [-0.3, -0.25) is 4.79 Å². The van der Waals surface area contributed by atoms with Crippen LogP contribution in [0.5, 0.6) is 0 Å². The van der Waals surface area contributed by atoms with Crippen LogP contribution in [0.25, 0.3) is 0 Å². The van der Waals surface area contributed by atoms with Gasteiger partial charge in [-0.2, -0.15) is 0 Å². The number of esters is 1. The van der Waals surface area contributed by atoms with Gasteiger partial charge < -0.3 is 14.1 Å². The maximum absolute atomic E-state index is 12.9. The Hall–Kier alpha value is -2.34. The Balaban J connectivity index is 2.23. The van der Waals surface area contributed by atoms with Crippen molar-refractivity contribution in [3.63, 3.8) is 0 Å². The molecule has 0 aliphatic carbocycles. The van der Waals surface area contributed by atoms with E-state index in [4.69, 9.17) is 16.0 Å². The number of ether oxygens (including phenoxy) is 1. The monoisotopic (exact) mass is 364 g/mol. The normalized spacial score (nSPS) is 12.5. The number of oxazole rings is 1. The van der Waals surface area contributed by atoms with E-state index >= 15 is 0 Å². The molecule has 0 radical (unpaired) electrons. The first-order chi connectivity index (χ1) is 11.7. The number of nitrogens with zero attached hydrogens (tertiary/aromatic N) is 2. The molecule has 2 rings (SSSR count). The smallest absolute Gasteiger partial charge is 0.360 e. The van der Waals surface area contributed by atoms with Gasteiger partial charge in [-0.1, -0.05) is 30.3 Å². The van der Waals surface area contributed by atoms with Gasteiger partial charge in [-0.05, 0) is 26.3 Å². The number of carbonyl (C=O) groups excluding carboxylic acids is 2. The van der Waals surface area contributed by atoms with E-state index in [1.54, 1.807) is 17.0 Å². The Morgan fingerprint density at radius 1 is 1.28 bits per heavy atom. The molecule has 0 N–H and O–H groups in total. The van der Waals surface area contributed by atoms with Crippen molar-refractivity contribution in [1.82, 2.24) is 9.88 Å². The van der Waals surface area contributed by atoms with Crippen molar-refractivity contribution in [3.05, 3.63) is 53.7 Å².